The van der Waals surface area contributed by atoms with Crippen LogP contribution in [0.5, 0.6) is 0 Å². The van der Waals surface area contributed by atoms with E-state index in [0.29, 0.717) is 5.39 Å². The van der Waals surface area contributed by atoms with Crippen LogP contribution < -0.4 is 0 Å². The van der Waals surface area contributed by atoms with Crippen molar-refractivity contribution < 1.29 is 9.90 Å². The van der Waals surface area contributed by atoms with Crippen molar-refractivity contribution >= 4 is 29.3 Å². The van der Waals surface area contributed by atoms with Crippen LogP contribution in [-0.2, 0) is 0 Å². The molecule has 2 rings (SSSR count). The fourth-order valence-corrected chi connectivity index (χ4v) is 1.15. The van der Waals surface area contributed by atoms with Gasteiger partial charge in [0, 0.05) is 5.39 Å². The van der Waals surface area contributed by atoms with Crippen molar-refractivity contribution in [3.05, 3.63) is 30.0 Å². The van der Waals surface area contributed by atoms with Crippen molar-refractivity contribution in [1.29, 1.82) is 0 Å². The van der Waals surface area contributed by atoms with Gasteiger partial charge in [-0.1, -0.05) is 6.07 Å². The Morgan fingerprint density at radius 2 is 2.23 bits per heavy atom. The highest BCUT2D eigenvalue weighted by molar-refractivity contribution is 6.02. The van der Waals surface area contributed by atoms with E-state index in [1.54, 1.807) is 18.2 Å². The van der Waals surface area contributed by atoms with Gasteiger partial charge in [0.15, 0.2) is 0 Å². The van der Waals surface area contributed by atoms with E-state index in [2.05, 4.69) is 10.2 Å². The quantitative estimate of drug-likeness (QED) is 0.733. The number of hydrogen-bond acceptors (Lipinski definition) is 2. The smallest absolute Gasteiger partial charge is 0.336 e. The van der Waals surface area contributed by atoms with E-state index in [1.165, 1.54) is 6.20 Å². The van der Waals surface area contributed by atoms with Gasteiger partial charge in [-0.2, -0.15) is 5.10 Å². The Morgan fingerprint density at radius 3 is 2.92 bits per heavy atom. The molecular formula is C8H7ClN2O2. The highest BCUT2D eigenvalue weighted by Crippen LogP contribution is 2.15. The second-order valence-corrected chi connectivity index (χ2v) is 2.44. The fourth-order valence-electron chi connectivity index (χ4n) is 1.15. The summed E-state index contributed by atoms with van der Waals surface area (Å²) in [5.74, 6) is -0.929. The summed E-state index contributed by atoms with van der Waals surface area (Å²) >= 11 is 0. The van der Waals surface area contributed by atoms with Gasteiger partial charge in [-0.05, 0) is 12.1 Å². The standard InChI is InChI=1S/C8H6N2O2.ClH/c11-8(12)5-2-1-3-7-6(5)4-9-10-7;/h1-4H,(H,9,10)(H,11,12);1H. The van der Waals surface area contributed by atoms with Gasteiger partial charge in [-0.15, -0.1) is 12.4 Å². The highest BCUT2D eigenvalue weighted by atomic mass is 35.5. The summed E-state index contributed by atoms with van der Waals surface area (Å²) in [6.45, 7) is 0. The second-order valence-electron chi connectivity index (χ2n) is 2.44. The number of nitrogens with one attached hydrogen (secondary N) is 1. The molecule has 5 heteroatoms. The van der Waals surface area contributed by atoms with Crippen molar-refractivity contribution in [1.82, 2.24) is 10.2 Å². The first-order valence-corrected chi connectivity index (χ1v) is 3.44. The van der Waals surface area contributed by atoms with E-state index >= 15 is 0 Å². The maximum absolute atomic E-state index is 10.7. The number of H-pyrrole nitrogens is 1. The third-order valence-corrected chi connectivity index (χ3v) is 1.72. The van der Waals surface area contributed by atoms with E-state index in [-0.39, 0.29) is 18.0 Å². The van der Waals surface area contributed by atoms with Gasteiger partial charge in [0.25, 0.3) is 0 Å². The first-order chi connectivity index (χ1) is 5.79. The molecule has 0 spiro atoms. The molecule has 2 N–H and O–H groups in total. The lowest BCUT2D eigenvalue weighted by molar-refractivity contribution is 0.0699. The minimum atomic E-state index is -0.929. The number of carboxylic acids is 1. The van der Waals surface area contributed by atoms with Crippen LogP contribution in [0.25, 0.3) is 10.9 Å². The number of carbonyl (C=O) groups is 1. The summed E-state index contributed by atoms with van der Waals surface area (Å²) < 4.78 is 0. The monoisotopic (exact) mass is 198 g/mol. The predicted octanol–water partition coefficient (Wildman–Crippen LogP) is 1.68. The van der Waals surface area contributed by atoms with Gasteiger partial charge < -0.3 is 5.11 Å². The zero-order valence-corrected chi connectivity index (χ0v) is 7.34. The lowest BCUT2D eigenvalue weighted by atomic mass is 10.1. The van der Waals surface area contributed by atoms with Crippen molar-refractivity contribution in [3.8, 4) is 0 Å². The summed E-state index contributed by atoms with van der Waals surface area (Å²) in [5.41, 5.74) is 1.02. The molecule has 0 radical (unpaired) electrons. The maximum atomic E-state index is 10.7. The molecule has 4 nitrogen and oxygen atoms in total. The molecule has 1 heterocycles. The Hall–Kier alpha value is -1.55. The Balaban J connectivity index is 0.000000845. The SMILES string of the molecule is Cl.O=C(O)c1cccc2[nH]ncc12. The third kappa shape index (κ3) is 1.48. The molecule has 0 saturated carbocycles. The van der Waals surface area contributed by atoms with Crippen LogP contribution in [0.15, 0.2) is 24.4 Å². The van der Waals surface area contributed by atoms with Crippen LogP contribution in [0.1, 0.15) is 10.4 Å². The van der Waals surface area contributed by atoms with E-state index in [9.17, 15) is 4.79 Å². The largest absolute Gasteiger partial charge is 0.478 e. The summed E-state index contributed by atoms with van der Waals surface area (Å²) in [4.78, 5) is 10.7. The van der Waals surface area contributed by atoms with Crippen molar-refractivity contribution in [2.45, 2.75) is 0 Å². The molecule has 0 aliphatic carbocycles. The van der Waals surface area contributed by atoms with Crippen LogP contribution in [0, 0.1) is 0 Å². The molecule has 0 fully saturated rings. The number of benzene rings is 1. The molecule has 0 amide bonds. The molecule has 0 saturated heterocycles. The van der Waals surface area contributed by atoms with E-state index in [0.717, 1.165) is 5.52 Å². The molecule has 1 aromatic heterocycles. The van der Waals surface area contributed by atoms with Crippen LogP contribution in [-0.4, -0.2) is 21.3 Å². The number of aromatic amines is 1. The number of aromatic nitrogens is 2. The zero-order valence-electron chi connectivity index (χ0n) is 6.52. The van der Waals surface area contributed by atoms with E-state index in [4.69, 9.17) is 5.11 Å². The van der Waals surface area contributed by atoms with Gasteiger partial charge in [0.05, 0.1) is 17.3 Å². The molecule has 2 aromatic rings. The average Bonchev–Trinajstić information content (AvgIpc) is 2.49. The van der Waals surface area contributed by atoms with Gasteiger partial charge in [0.2, 0.25) is 0 Å². The average molecular weight is 199 g/mol. The van der Waals surface area contributed by atoms with Gasteiger partial charge in [0.1, 0.15) is 0 Å². The maximum Gasteiger partial charge on any atom is 0.336 e. The highest BCUT2D eigenvalue weighted by Gasteiger charge is 2.07. The van der Waals surface area contributed by atoms with Crippen LogP contribution in [0.3, 0.4) is 0 Å². The number of aromatic carboxylic acids is 1. The third-order valence-electron chi connectivity index (χ3n) is 1.72. The predicted molar refractivity (Wildman–Crippen MR) is 50.3 cm³/mol. The van der Waals surface area contributed by atoms with Crippen LogP contribution >= 0.6 is 12.4 Å². The van der Waals surface area contributed by atoms with Crippen LogP contribution in [0.4, 0.5) is 0 Å². The molecule has 0 bridgehead atoms. The minimum absolute atomic E-state index is 0. The van der Waals surface area contributed by atoms with E-state index < -0.39 is 5.97 Å². The molecular weight excluding hydrogens is 192 g/mol. The lowest BCUT2D eigenvalue weighted by Crippen LogP contribution is -1.95. The van der Waals surface area contributed by atoms with Crippen molar-refractivity contribution in [2.24, 2.45) is 0 Å². The Morgan fingerprint density at radius 1 is 1.46 bits per heavy atom. The molecule has 0 aliphatic heterocycles. The summed E-state index contributed by atoms with van der Waals surface area (Å²) in [6, 6.07) is 5.03. The molecule has 13 heavy (non-hydrogen) atoms. The molecule has 0 atom stereocenters. The zero-order chi connectivity index (χ0) is 8.55. The molecule has 0 unspecified atom stereocenters. The molecule has 0 aliphatic rings. The fraction of sp³-hybridized carbons (Fsp3) is 0. The summed E-state index contributed by atoms with van der Waals surface area (Å²) in [6.07, 6.45) is 1.51. The Kier molecular flexibility index (Phi) is 2.53. The summed E-state index contributed by atoms with van der Waals surface area (Å²) in [5, 5.41) is 15.9. The molecule has 68 valence electrons. The number of nitrogens with zero attached hydrogens (tertiary/aromatic N) is 1. The summed E-state index contributed by atoms with van der Waals surface area (Å²) in [7, 11) is 0. The van der Waals surface area contributed by atoms with E-state index in [1.807, 2.05) is 0 Å². The normalized spacial score (nSPS) is 9.54. The number of halogens is 1. The number of hydrogen-bond donors (Lipinski definition) is 2. The Bertz CT molecular complexity index is 438. The first kappa shape index (κ1) is 9.54. The number of carboxylic acid groups (broad SMARTS) is 1. The first-order valence-electron chi connectivity index (χ1n) is 3.44. The van der Waals surface area contributed by atoms with Crippen molar-refractivity contribution in [3.63, 3.8) is 0 Å². The topological polar surface area (TPSA) is 66.0 Å². The second kappa shape index (κ2) is 3.45. The lowest BCUT2D eigenvalue weighted by Gasteiger charge is -1.93. The van der Waals surface area contributed by atoms with Gasteiger partial charge in [-0.3, -0.25) is 5.10 Å². The Labute approximate surface area is 80.0 Å². The molecule has 1 aromatic carbocycles. The number of fused-ring (bicyclic) bond motifs is 1. The van der Waals surface area contributed by atoms with Gasteiger partial charge in [-0.25, -0.2) is 4.79 Å². The number of rotatable bonds is 1. The minimum Gasteiger partial charge on any atom is -0.478 e. The van der Waals surface area contributed by atoms with Crippen LogP contribution in [0.2, 0.25) is 0 Å². The van der Waals surface area contributed by atoms with Crippen molar-refractivity contribution in [2.75, 3.05) is 0 Å². The van der Waals surface area contributed by atoms with Gasteiger partial charge >= 0.3 is 5.97 Å².